The molecule has 21 heavy (non-hydrogen) atoms. The fourth-order valence-corrected chi connectivity index (χ4v) is 2.44. The van der Waals surface area contributed by atoms with Gasteiger partial charge in [-0.25, -0.2) is 0 Å². The predicted molar refractivity (Wildman–Crippen MR) is 67.4 cm³/mol. The zero-order valence-electron chi connectivity index (χ0n) is 10.4. The summed E-state index contributed by atoms with van der Waals surface area (Å²) in [5.41, 5.74) is 0. The normalized spacial score (nSPS) is 12.0. The van der Waals surface area contributed by atoms with Crippen LogP contribution in [-0.4, -0.2) is 14.8 Å². The molecule has 0 amide bonds. The standard InChI is InChI=1S/C13H9F3O4S/c14-13(15,16)19-11-8-4-5-9-12(11)20-21(17,18)10-6-2-1-3-7-10/h1-9H. The summed E-state index contributed by atoms with van der Waals surface area (Å²) >= 11 is 0. The molecule has 0 aliphatic rings. The van der Waals surface area contributed by atoms with E-state index in [1.807, 2.05) is 0 Å². The van der Waals surface area contributed by atoms with Crippen LogP contribution in [0.1, 0.15) is 0 Å². The Bertz CT molecular complexity index is 712. The van der Waals surface area contributed by atoms with Gasteiger partial charge in [0.15, 0.2) is 11.5 Å². The molecule has 0 atom stereocenters. The second kappa shape index (κ2) is 5.65. The van der Waals surface area contributed by atoms with E-state index < -0.39 is 28.0 Å². The van der Waals surface area contributed by atoms with Gasteiger partial charge in [0.25, 0.3) is 0 Å². The second-order valence-corrected chi connectivity index (χ2v) is 5.39. The topological polar surface area (TPSA) is 52.6 Å². The maximum atomic E-state index is 12.2. The molecule has 0 spiro atoms. The van der Waals surface area contributed by atoms with E-state index in [9.17, 15) is 21.6 Å². The van der Waals surface area contributed by atoms with Crippen LogP contribution in [0.3, 0.4) is 0 Å². The van der Waals surface area contributed by atoms with Crippen LogP contribution in [0.15, 0.2) is 59.5 Å². The summed E-state index contributed by atoms with van der Waals surface area (Å²) in [5, 5.41) is 0. The van der Waals surface area contributed by atoms with E-state index in [0.717, 1.165) is 12.1 Å². The van der Waals surface area contributed by atoms with Gasteiger partial charge in [0.05, 0.1) is 0 Å². The van der Waals surface area contributed by atoms with E-state index in [1.54, 1.807) is 6.07 Å². The van der Waals surface area contributed by atoms with Crippen molar-refractivity contribution in [1.82, 2.24) is 0 Å². The monoisotopic (exact) mass is 318 g/mol. The summed E-state index contributed by atoms with van der Waals surface area (Å²) in [6.45, 7) is 0. The average molecular weight is 318 g/mol. The Morgan fingerprint density at radius 1 is 0.810 bits per heavy atom. The lowest BCUT2D eigenvalue weighted by Crippen LogP contribution is -2.18. The van der Waals surface area contributed by atoms with E-state index in [-0.39, 0.29) is 4.90 Å². The molecule has 0 aromatic heterocycles. The van der Waals surface area contributed by atoms with Crippen LogP contribution in [0.2, 0.25) is 0 Å². The lowest BCUT2D eigenvalue weighted by atomic mass is 10.3. The molecule has 0 fully saturated rings. The zero-order valence-corrected chi connectivity index (χ0v) is 11.2. The van der Waals surface area contributed by atoms with Crippen molar-refractivity contribution in [3.8, 4) is 11.5 Å². The smallest absolute Gasteiger partial charge is 0.402 e. The molecule has 112 valence electrons. The molecule has 0 unspecified atom stereocenters. The molecule has 0 N–H and O–H groups in total. The minimum absolute atomic E-state index is 0.174. The van der Waals surface area contributed by atoms with Gasteiger partial charge in [-0.1, -0.05) is 30.3 Å². The van der Waals surface area contributed by atoms with Gasteiger partial charge in [0.1, 0.15) is 4.90 Å². The molecule has 0 saturated heterocycles. The summed E-state index contributed by atoms with van der Waals surface area (Å²) in [5.74, 6) is -1.27. The number of ether oxygens (including phenoxy) is 1. The maximum Gasteiger partial charge on any atom is 0.573 e. The third-order valence-corrected chi connectivity index (χ3v) is 3.55. The Kier molecular flexibility index (Phi) is 4.08. The Hall–Kier alpha value is -2.22. The molecule has 0 bridgehead atoms. The first-order valence-corrected chi connectivity index (χ1v) is 7.03. The summed E-state index contributed by atoms with van der Waals surface area (Å²) in [6, 6.07) is 11.7. The summed E-state index contributed by atoms with van der Waals surface area (Å²) in [6.07, 6.45) is -4.95. The molecule has 2 rings (SSSR count). The lowest BCUT2D eigenvalue weighted by Gasteiger charge is -2.13. The SMILES string of the molecule is O=S(=O)(Oc1ccccc1OC(F)(F)F)c1ccccc1. The van der Waals surface area contributed by atoms with Crippen LogP contribution in [-0.2, 0) is 10.1 Å². The van der Waals surface area contributed by atoms with E-state index in [0.29, 0.717) is 0 Å². The molecule has 2 aromatic rings. The van der Waals surface area contributed by atoms with Gasteiger partial charge in [-0.15, -0.1) is 13.2 Å². The number of rotatable bonds is 4. The number of halogens is 3. The van der Waals surface area contributed by atoms with Crippen molar-refractivity contribution in [3.63, 3.8) is 0 Å². The van der Waals surface area contributed by atoms with Crippen molar-refractivity contribution < 1.29 is 30.5 Å². The average Bonchev–Trinajstić information content (AvgIpc) is 2.40. The van der Waals surface area contributed by atoms with Crippen LogP contribution < -0.4 is 8.92 Å². The van der Waals surface area contributed by atoms with Gasteiger partial charge in [0, 0.05) is 0 Å². The highest BCUT2D eigenvalue weighted by Crippen LogP contribution is 2.33. The molecule has 2 aromatic carbocycles. The molecule has 8 heteroatoms. The van der Waals surface area contributed by atoms with Crippen LogP contribution >= 0.6 is 0 Å². The number of para-hydroxylation sites is 2. The highest BCUT2D eigenvalue weighted by molar-refractivity contribution is 7.87. The van der Waals surface area contributed by atoms with Gasteiger partial charge in [-0.05, 0) is 24.3 Å². The minimum atomic E-state index is -4.95. The maximum absolute atomic E-state index is 12.2. The molecule has 0 aliphatic carbocycles. The Balaban J connectivity index is 2.32. The van der Waals surface area contributed by atoms with Gasteiger partial charge < -0.3 is 8.92 Å². The van der Waals surface area contributed by atoms with Crippen molar-refractivity contribution >= 4 is 10.1 Å². The highest BCUT2D eigenvalue weighted by atomic mass is 32.2. The van der Waals surface area contributed by atoms with Gasteiger partial charge >= 0.3 is 16.5 Å². The van der Waals surface area contributed by atoms with Gasteiger partial charge in [-0.2, -0.15) is 8.42 Å². The largest absolute Gasteiger partial charge is 0.573 e. The Morgan fingerprint density at radius 3 is 1.90 bits per heavy atom. The quantitative estimate of drug-likeness (QED) is 0.811. The van der Waals surface area contributed by atoms with E-state index in [4.69, 9.17) is 4.18 Å². The van der Waals surface area contributed by atoms with E-state index >= 15 is 0 Å². The highest BCUT2D eigenvalue weighted by Gasteiger charge is 2.33. The number of benzene rings is 2. The third-order valence-electron chi connectivity index (χ3n) is 2.31. The molecule has 0 aliphatic heterocycles. The van der Waals surface area contributed by atoms with Crippen molar-refractivity contribution in [2.75, 3.05) is 0 Å². The summed E-state index contributed by atoms with van der Waals surface area (Å²) in [7, 11) is -4.24. The van der Waals surface area contributed by atoms with E-state index in [1.165, 1.54) is 36.4 Å². The van der Waals surface area contributed by atoms with Gasteiger partial charge in [0.2, 0.25) is 0 Å². The lowest BCUT2D eigenvalue weighted by molar-refractivity contribution is -0.274. The number of hydrogen-bond donors (Lipinski definition) is 0. The Morgan fingerprint density at radius 2 is 1.33 bits per heavy atom. The summed E-state index contributed by atoms with van der Waals surface area (Å²) in [4.78, 5) is -0.174. The minimum Gasteiger partial charge on any atom is -0.402 e. The van der Waals surface area contributed by atoms with Crippen molar-refractivity contribution in [1.29, 1.82) is 0 Å². The summed E-state index contributed by atoms with van der Waals surface area (Å²) < 4.78 is 69.1. The molecule has 0 radical (unpaired) electrons. The number of alkyl halides is 3. The van der Waals surface area contributed by atoms with Crippen LogP contribution in [0.4, 0.5) is 13.2 Å². The Labute approximate surface area is 118 Å². The van der Waals surface area contributed by atoms with Crippen LogP contribution in [0.25, 0.3) is 0 Å². The van der Waals surface area contributed by atoms with E-state index in [2.05, 4.69) is 4.74 Å². The molecular formula is C13H9F3O4S. The molecule has 0 saturated carbocycles. The first-order chi connectivity index (χ1) is 9.78. The second-order valence-electron chi connectivity index (χ2n) is 3.85. The van der Waals surface area contributed by atoms with Crippen molar-refractivity contribution in [3.05, 3.63) is 54.6 Å². The van der Waals surface area contributed by atoms with Crippen molar-refractivity contribution in [2.24, 2.45) is 0 Å². The first kappa shape index (κ1) is 15.2. The van der Waals surface area contributed by atoms with Crippen molar-refractivity contribution in [2.45, 2.75) is 11.3 Å². The molecule has 0 heterocycles. The zero-order chi connectivity index (χ0) is 15.5. The molecule has 4 nitrogen and oxygen atoms in total. The third kappa shape index (κ3) is 4.12. The predicted octanol–water partition coefficient (Wildman–Crippen LogP) is 3.35. The number of hydrogen-bond acceptors (Lipinski definition) is 4. The van der Waals surface area contributed by atoms with Gasteiger partial charge in [-0.3, -0.25) is 0 Å². The fraction of sp³-hybridized carbons (Fsp3) is 0.0769. The first-order valence-electron chi connectivity index (χ1n) is 5.62. The molecular weight excluding hydrogens is 309 g/mol. The van der Waals surface area contributed by atoms with Crippen LogP contribution in [0, 0.1) is 0 Å². The van der Waals surface area contributed by atoms with Crippen LogP contribution in [0.5, 0.6) is 11.5 Å². The fourth-order valence-electron chi connectivity index (χ4n) is 1.48.